The molecular formula is C23H34N4O4S. The van der Waals surface area contributed by atoms with Crippen LogP contribution in [0.4, 0.5) is 10.5 Å². The third kappa shape index (κ3) is 4.93. The lowest BCUT2D eigenvalue weighted by Crippen LogP contribution is -2.48. The zero-order valence-corrected chi connectivity index (χ0v) is 19.8. The summed E-state index contributed by atoms with van der Waals surface area (Å²) in [5, 5.41) is 2.99. The van der Waals surface area contributed by atoms with Crippen molar-refractivity contribution in [2.75, 3.05) is 24.5 Å². The van der Waals surface area contributed by atoms with E-state index in [9.17, 15) is 18.0 Å². The topological polar surface area (TPSA) is 98.8 Å². The Balaban J connectivity index is 1.39. The molecule has 0 aromatic heterocycles. The number of urea groups is 1. The van der Waals surface area contributed by atoms with E-state index in [1.807, 2.05) is 4.90 Å². The predicted octanol–water partition coefficient (Wildman–Crippen LogP) is 2.63. The minimum Gasteiger partial charge on any atom is -0.352 e. The van der Waals surface area contributed by atoms with E-state index in [1.165, 1.54) is 6.07 Å². The maximum absolute atomic E-state index is 12.9. The molecule has 1 atom stereocenters. The number of amides is 3. The molecule has 9 heteroatoms. The molecule has 0 spiro atoms. The standard InChI is InChI=1S/C23H34N4O4S/c1-16-5-7-19(8-6-16)24-22(28)17(2)25-32(30,31)20-9-10-21-18(15-20)11-14-27(21)23(29)26-12-3-4-13-26/h9-10,15-17,19,25H,3-8,11-14H2,1-2H3,(H,24,28)/t16?,17-,19?/m0/s1. The van der Waals surface area contributed by atoms with Crippen molar-refractivity contribution in [2.45, 2.75) is 75.8 Å². The van der Waals surface area contributed by atoms with Crippen molar-refractivity contribution in [3.63, 3.8) is 0 Å². The molecule has 1 aromatic carbocycles. The average molecular weight is 463 g/mol. The lowest BCUT2D eigenvalue weighted by molar-refractivity contribution is -0.123. The molecule has 0 radical (unpaired) electrons. The third-order valence-corrected chi connectivity index (χ3v) is 8.49. The predicted molar refractivity (Wildman–Crippen MR) is 123 cm³/mol. The van der Waals surface area contributed by atoms with Crippen LogP contribution in [0.3, 0.4) is 0 Å². The number of fused-ring (bicyclic) bond motifs is 1. The number of likely N-dealkylation sites (tertiary alicyclic amines) is 1. The second kappa shape index (κ2) is 9.39. The molecule has 2 heterocycles. The summed E-state index contributed by atoms with van der Waals surface area (Å²) < 4.78 is 28.4. The van der Waals surface area contributed by atoms with E-state index in [0.29, 0.717) is 18.9 Å². The van der Waals surface area contributed by atoms with Crippen LogP contribution in [-0.4, -0.2) is 57.0 Å². The highest BCUT2D eigenvalue weighted by Gasteiger charge is 2.31. The van der Waals surface area contributed by atoms with E-state index in [1.54, 1.807) is 24.0 Å². The van der Waals surface area contributed by atoms with Crippen molar-refractivity contribution in [2.24, 2.45) is 5.92 Å². The number of benzene rings is 1. The minimum absolute atomic E-state index is 0.00242. The van der Waals surface area contributed by atoms with Gasteiger partial charge in [0.15, 0.2) is 0 Å². The van der Waals surface area contributed by atoms with Crippen LogP contribution < -0.4 is 14.9 Å². The van der Waals surface area contributed by atoms with Crippen LogP contribution in [0.2, 0.25) is 0 Å². The lowest BCUT2D eigenvalue weighted by Gasteiger charge is -2.28. The summed E-state index contributed by atoms with van der Waals surface area (Å²) in [6.07, 6.45) is 6.71. The van der Waals surface area contributed by atoms with Gasteiger partial charge < -0.3 is 10.2 Å². The largest absolute Gasteiger partial charge is 0.352 e. The number of rotatable bonds is 5. The number of nitrogens with one attached hydrogen (secondary N) is 2. The van der Waals surface area contributed by atoms with Crippen LogP contribution in [0, 0.1) is 5.92 Å². The van der Waals surface area contributed by atoms with E-state index < -0.39 is 16.1 Å². The first-order valence-electron chi connectivity index (χ1n) is 11.8. The number of carbonyl (C=O) groups excluding carboxylic acids is 2. The van der Waals surface area contributed by atoms with E-state index in [-0.39, 0.29) is 22.9 Å². The van der Waals surface area contributed by atoms with Gasteiger partial charge in [-0.25, -0.2) is 13.2 Å². The van der Waals surface area contributed by atoms with Gasteiger partial charge in [0.1, 0.15) is 0 Å². The summed E-state index contributed by atoms with van der Waals surface area (Å²) >= 11 is 0. The summed E-state index contributed by atoms with van der Waals surface area (Å²) in [6.45, 7) is 5.90. The fourth-order valence-electron chi connectivity index (χ4n) is 4.91. The summed E-state index contributed by atoms with van der Waals surface area (Å²) in [5.74, 6) is 0.386. The van der Waals surface area contributed by atoms with Crippen molar-refractivity contribution in [3.8, 4) is 0 Å². The van der Waals surface area contributed by atoms with Gasteiger partial charge in [0.05, 0.1) is 10.9 Å². The molecule has 2 fully saturated rings. The van der Waals surface area contributed by atoms with E-state index >= 15 is 0 Å². The van der Waals surface area contributed by atoms with Crippen LogP contribution >= 0.6 is 0 Å². The van der Waals surface area contributed by atoms with Crippen molar-refractivity contribution in [3.05, 3.63) is 23.8 Å². The molecule has 1 aromatic rings. The number of hydrogen-bond acceptors (Lipinski definition) is 4. The fraction of sp³-hybridized carbons (Fsp3) is 0.652. The first kappa shape index (κ1) is 23.0. The van der Waals surface area contributed by atoms with Crippen LogP contribution in [0.5, 0.6) is 0 Å². The van der Waals surface area contributed by atoms with Gasteiger partial charge in [-0.1, -0.05) is 6.92 Å². The van der Waals surface area contributed by atoms with Crippen molar-refractivity contribution in [1.29, 1.82) is 0 Å². The normalized spacial score (nSPS) is 24.3. The van der Waals surface area contributed by atoms with E-state index in [4.69, 9.17) is 0 Å². The average Bonchev–Trinajstić information content (AvgIpc) is 3.44. The molecular weight excluding hydrogens is 428 g/mol. The molecule has 0 unspecified atom stereocenters. The lowest BCUT2D eigenvalue weighted by atomic mass is 9.87. The fourth-order valence-corrected chi connectivity index (χ4v) is 6.16. The molecule has 2 N–H and O–H groups in total. The Bertz CT molecular complexity index is 966. The van der Waals surface area contributed by atoms with Crippen molar-refractivity contribution >= 4 is 27.6 Å². The van der Waals surface area contributed by atoms with Crippen LogP contribution in [-0.2, 0) is 21.2 Å². The first-order valence-corrected chi connectivity index (χ1v) is 13.2. The number of sulfonamides is 1. The van der Waals surface area contributed by atoms with Crippen molar-refractivity contribution in [1.82, 2.24) is 14.9 Å². The zero-order chi connectivity index (χ0) is 22.9. The smallest absolute Gasteiger partial charge is 0.324 e. The molecule has 32 heavy (non-hydrogen) atoms. The molecule has 4 rings (SSSR count). The maximum Gasteiger partial charge on any atom is 0.324 e. The summed E-state index contributed by atoms with van der Waals surface area (Å²) in [5.41, 5.74) is 1.62. The SMILES string of the molecule is CC1CCC(NC(=O)[C@H](C)NS(=O)(=O)c2ccc3c(c2)CCN3C(=O)N2CCCC2)CC1. The van der Waals surface area contributed by atoms with Crippen LogP contribution in [0.1, 0.15) is 57.9 Å². The first-order chi connectivity index (χ1) is 15.2. The van der Waals surface area contributed by atoms with Crippen molar-refractivity contribution < 1.29 is 18.0 Å². The van der Waals surface area contributed by atoms with Gasteiger partial charge in [0.2, 0.25) is 15.9 Å². The quantitative estimate of drug-likeness (QED) is 0.703. The Morgan fingerprint density at radius 2 is 1.75 bits per heavy atom. The van der Waals surface area contributed by atoms with Gasteiger partial charge in [-0.05, 0) is 81.5 Å². The van der Waals surface area contributed by atoms with Crippen LogP contribution in [0.15, 0.2) is 23.1 Å². The number of carbonyl (C=O) groups is 2. The Kier molecular flexibility index (Phi) is 6.76. The Morgan fingerprint density at radius 1 is 1.06 bits per heavy atom. The summed E-state index contributed by atoms with van der Waals surface area (Å²) in [6, 6.07) is 4.10. The highest BCUT2D eigenvalue weighted by molar-refractivity contribution is 7.89. The monoisotopic (exact) mass is 462 g/mol. The molecule has 3 amide bonds. The second-order valence-electron chi connectivity index (χ2n) is 9.48. The molecule has 3 aliphatic rings. The molecule has 176 valence electrons. The van der Waals surface area contributed by atoms with Crippen LogP contribution in [0.25, 0.3) is 0 Å². The third-order valence-electron chi connectivity index (χ3n) is 6.95. The van der Waals surface area contributed by atoms with Gasteiger partial charge >= 0.3 is 6.03 Å². The van der Waals surface area contributed by atoms with Gasteiger partial charge in [-0.3, -0.25) is 9.69 Å². The van der Waals surface area contributed by atoms with Gasteiger partial charge in [-0.2, -0.15) is 4.72 Å². The number of anilines is 1. The number of hydrogen-bond donors (Lipinski definition) is 2. The Labute approximate surface area is 190 Å². The molecule has 0 bridgehead atoms. The summed E-state index contributed by atoms with van der Waals surface area (Å²) in [7, 11) is -3.85. The van der Waals surface area contributed by atoms with Gasteiger partial charge in [0, 0.05) is 31.4 Å². The zero-order valence-electron chi connectivity index (χ0n) is 19.0. The highest BCUT2D eigenvalue weighted by atomic mass is 32.2. The van der Waals surface area contributed by atoms with E-state index in [0.717, 1.165) is 62.9 Å². The molecule has 1 saturated carbocycles. The highest BCUT2D eigenvalue weighted by Crippen LogP contribution is 2.31. The minimum atomic E-state index is -3.85. The van der Waals surface area contributed by atoms with E-state index in [2.05, 4.69) is 17.0 Å². The number of nitrogens with zero attached hydrogens (tertiary/aromatic N) is 2. The molecule has 2 aliphatic heterocycles. The Hall–Kier alpha value is -2.13. The molecule has 1 saturated heterocycles. The second-order valence-corrected chi connectivity index (χ2v) is 11.2. The van der Waals surface area contributed by atoms with Gasteiger partial charge in [-0.15, -0.1) is 0 Å². The summed E-state index contributed by atoms with van der Waals surface area (Å²) in [4.78, 5) is 29.0. The molecule has 8 nitrogen and oxygen atoms in total. The van der Waals surface area contributed by atoms with Gasteiger partial charge in [0.25, 0.3) is 0 Å². The molecule has 1 aliphatic carbocycles. The Morgan fingerprint density at radius 3 is 2.44 bits per heavy atom. The maximum atomic E-state index is 12.9.